The van der Waals surface area contributed by atoms with Gasteiger partial charge in [0, 0.05) is 13.0 Å². The summed E-state index contributed by atoms with van der Waals surface area (Å²) in [6, 6.07) is 0. The van der Waals surface area contributed by atoms with Crippen molar-refractivity contribution in [2.24, 2.45) is 0 Å². The molecular weight excluding hydrogens is 230 g/mol. The number of hydrogen-bond acceptors (Lipinski definition) is 4. The first-order valence-electron chi connectivity index (χ1n) is 6.96. The molecule has 0 saturated carbocycles. The van der Waals surface area contributed by atoms with Crippen LogP contribution in [0, 0.1) is 0 Å². The van der Waals surface area contributed by atoms with Crippen LogP contribution in [0.15, 0.2) is 0 Å². The van der Waals surface area contributed by atoms with Crippen molar-refractivity contribution in [1.82, 2.24) is 4.90 Å². The molecule has 0 saturated heterocycles. The van der Waals surface area contributed by atoms with Gasteiger partial charge in [0.1, 0.15) is 0 Å². The van der Waals surface area contributed by atoms with E-state index in [9.17, 15) is 9.90 Å². The fourth-order valence-corrected chi connectivity index (χ4v) is 1.97. The number of unbranched alkanes of at least 4 members (excludes halogenated alkanes) is 5. The summed E-state index contributed by atoms with van der Waals surface area (Å²) in [7, 11) is 5.39. The van der Waals surface area contributed by atoms with Crippen LogP contribution in [0.4, 0.5) is 0 Å². The van der Waals surface area contributed by atoms with Gasteiger partial charge >= 0.3 is 5.97 Å². The van der Waals surface area contributed by atoms with Gasteiger partial charge in [0.05, 0.1) is 13.2 Å². The lowest BCUT2D eigenvalue weighted by Crippen LogP contribution is -2.25. The highest BCUT2D eigenvalue weighted by atomic mass is 16.5. The third kappa shape index (κ3) is 11.9. The molecule has 0 unspecified atom stereocenters. The van der Waals surface area contributed by atoms with Crippen molar-refractivity contribution in [3.8, 4) is 0 Å². The monoisotopic (exact) mass is 259 g/mol. The molecule has 0 aromatic carbocycles. The van der Waals surface area contributed by atoms with E-state index in [1.165, 1.54) is 26.4 Å². The number of aliphatic hydroxyl groups is 1. The van der Waals surface area contributed by atoms with Gasteiger partial charge in [-0.15, -0.1) is 0 Å². The number of likely N-dealkylation sites (N-methyl/N-ethyl adjacent to an activating group) is 1. The SMILES string of the molecule is COC(=O)CCCCCCCC[C@@H](O)CN(C)C. The summed E-state index contributed by atoms with van der Waals surface area (Å²) in [4.78, 5) is 12.9. The Kier molecular flexibility index (Phi) is 11.1. The molecule has 108 valence electrons. The molecular formula is C14H29NO3. The molecule has 0 aliphatic rings. The fraction of sp³-hybridized carbons (Fsp3) is 0.929. The molecule has 4 nitrogen and oxygen atoms in total. The van der Waals surface area contributed by atoms with Crippen LogP contribution < -0.4 is 0 Å². The molecule has 0 rings (SSSR count). The number of carbonyl (C=O) groups excluding carboxylic acids is 1. The Bertz CT molecular complexity index is 207. The summed E-state index contributed by atoms with van der Waals surface area (Å²) in [6.07, 6.45) is 7.87. The predicted molar refractivity (Wildman–Crippen MR) is 73.5 cm³/mol. The molecule has 1 N–H and O–H groups in total. The maximum atomic E-state index is 10.9. The Balaban J connectivity index is 3.18. The smallest absolute Gasteiger partial charge is 0.305 e. The molecule has 4 heteroatoms. The van der Waals surface area contributed by atoms with Crippen LogP contribution in [-0.4, -0.2) is 49.8 Å². The zero-order valence-electron chi connectivity index (χ0n) is 12.2. The van der Waals surface area contributed by atoms with Crippen LogP contribution in [0.3, 0.4) is 0 Å². The summed E-state index contributed by atoms with van der Waals surface area (Å²) in [5.74, 6) is -0.109. The normalized spacial score (nSPS) is 12.7. The van der Waals surface area contributed by atoms with Gasteiger partial charge in [0.15, 0.2) is 0 Å². The molecule has 0 aromatic heterocycles. The predicted octanol–water partition coefficient (Wildman–Crippen LogP) is 2.20. The van der Waals surface area contributed by atoms with Crippen LogP contribution in [-0.2, 0) is 9.53 Å². The van der Waals surface area contributed by atoms with Crippen molar-refractivity contribution in [3.63, 3.8) is 0 Å². The molecule has 1 atom stereocenters. The summed E-state index contributed by atoms with van der Waals surface area (Å²) in [5, 5.41) is 9.66. The lowest BCUT2D eigenvalue weighted by Gasteiger charge is -2.15. The maximum Gasteiger partial charge on any atom is 0.305 e. The highest BCUT2D eigenvalue weighted by Gasteiger charge is 2.04. The van der Waals surface area contributed by atoms with Gasteiger partial charge in [-0.3, -0.25) is 4.79 Å². The molecule has 0 radical (unpaired) electrons. The Hall–Kier alpha value is -0.610. The minimum absolute atomic E-state index is 0.109. The van der Waals surface area contributed by atoms with Crippen molar-refractivity contribution < 1.29 is 14.6 Å². The Morgan fingerprint density at radius 1 is 1.11 bits per heavy atom. The van der Waals surface area contributed by atoms with Crippen molar-refractivity contribution in [2.75, 3.05) is 27.7 Å². The molecule has 0 spiro atoms. The van der Waals surface area contributed by atoms with E-state index in [2.05, 4.69) is 4.74 Å². The zero-order valence-corrected chi connectivity index (χ0v) is 12.2. The first kappa shape index (κ1) is 17.4. The first-order chi connectivity index (χ1) is 8.56. The van der Waals surface area contributed by atoms with Gasteiger partial charge in [-0.05, 0) is 26.9 Å². The summed E-state index contributed by atoms with van der Waals surface area (Å²) >= 11 is 0. The summed E-state index contributed by atoms with van der Waals surface area (Å²) in [6.45, 7) is 0.749. The zero-order chi connectivity index (χ0) is 13.8. The first-order valence-corrected chi connectivity index (χ1v) is 6.96. The summed E-state index contributed by atoms with van der Waals surface area (Å²) in [5.41, 5.74) is 0. The Morgan fingerprint density at radius 2 is 1.67 bits per heavy atom. The molecule has 0 heterocycles. The Labute approximate surface area is 111 Å². The van der Waals surface area contributed by atoms with E-state index in [0.29, 0.717) is 6.42 Å². The van der Waals surface area contributed by atoms with E-state index in [0.717, 1.165) is 32.2 Å². The van der Waals surface area contributed by atoms with Crippen LogP contribution >= 0.6 is 0 Å². The second-order valence-corrected chi connectivity index (χ2v) is 5.15. The van der Waals surface area contributed by atoms with Crippen LogP contribution in [0.25, 0.3) is 0 Å². The van der Waals surface area contributed by atoms with Gasteiger partial charge in [-0.1, -0.05) is 32.1 Å². The average Bonchev–Trinajstić information content (AvgIpc) is 2.31. The maximum absolute atomic E-state index is 10.9. The molecule has 18 heavy (non-hydrogen) atoms. The van der Waals surface area contributed by atoms with E-state index < -0.39 is 0 Å². The average molecular weight is 259 g/mol. The number of aliphatic hydroxyl groups excluding tert-OH is 1. The largest absolute Gasteiger partial charge is 0.469 e. The molecule has 0 aliphatic heterocycles. The van der Waals surface area contributed by atoms with E-state index in [-0.39, 0.29) is 12.1 Å². The molecule has 0 bridgehead atoms. The topological polar surface area (TPSA) is 49.8 Å². The number of hydrogen-bond donors (Lipinski definition) is 1. The highest BCUT2D eigenvalue weighted by Crippen LogP contribution is 2.10. The second-order valence-electron chi connectivity index (χ2n) is 5.15. The van der Waals surface area contributed by atoms with E-state index in [1.54, 1.807) is 0 Å². The summed E-state index contributed by atoms with van der Waals surface area (Å²) < 4.78 is 4.58. The molecule has 0 aliphatic carbocycles. The number of ether oxygens (including phenoxy) is 1. The molecule has 0 fully saturated rings. The van der Waals surface area contributed by atoms with Gasteiger partial charge in [-0.25, -0.2) is 0 Å². The van der Waals surface area contributed by atoms with Crippen molar-refractivity contribution in [1.29, 1.82) is 0 Å². The minimum Gasteiger partial charge on any atom is -0.469 e. The standard InChI is InChI=1S/C14H29NO3/c1-15(2)12-13(16)10-8-6-4-5-7-9-11-14(17)18-3/h13,16H,4-12H2,1-3H3/t13-/m1/s1. The highest BCUT2D eigenvalue weighted by molar-refractivity contribution is 5.68. The van der Waals surface area contributed by atoms with Gasteiger partial charge < -0.3 is 14.7 Å². The van der Waals surface area contributed by atoms with Crippen LogP contribution in [0.1, 0.15) is 51.4 Å². The van der Waals surface area contributed by atoms with Crippen molar-refractivity contribution in [2.45, 2.75) is 57.5 Å². The Morgan fingerprint density at radius 3 is 2.22 bits per heavy atom. The number of methoxy groups -OCH3 is 1. The number of carbonyl (C=O) groups is 1. The number of esters is 1. The number of nitrogens with zero attached hydrogens (tertiary/aromatic N) is 1. The van der Waals surface area contributed by atoms with Gasteiger partial charge in [-0.2, -0.15) is 0 Å². The third-order valence-corrected chi connectivity index (χ3v) is 2.97. The van der Waals surface area contributed by atoms with E-state index in [1.807, 2.05) is 19.0 Å². The second kappa shape index (κ2) is 11.5. The third-order valence-electron chi connectivity index (χ3n) is 2.97. The minimum atomic E-state index is -0.195. The lowest BCUT2D eigenvalue weighted by atomic mass is 10.1. The number of rotatable bonds is 11. The van der Waals surface area contributed by atoms with E-state index >= 15 is 0 Å². The molecule has 0 aromatic rings. The van der Waals surface area contributed by atoms with Crippen LogP contribution in [0.5, 0.6) is 0 Å². The van der Waals surface area contributed by atoms with Gasteiger partial charge in [0.2, 0.25) is 0 Å². The molecule has 0 amide bonds. The van der Waals surface area contributed by atoms with Crippen molar-refractivity contribution in [3.05, 3.63) is 0 Å². The quantitative estimate of drug-likeness (QED) is 0.456. The lowest BCUT2D eigenvalue weighted by molar-refractivity contribution is -0.140. The van der Waals surface area contributed by atoms with Gasteiger partial charge in [0.25, 0.3) is 0 Å². The van der Waals surface area contributed by atoms with E-state index in [4.69, 9.17) is 0 Å². The van der Waals surface area contributed by atoms with Crippen molar-refractivity contribution >= 4 is 5.97 Å². The van der Waals surface area contributed by atoms with Crippen LogP contribution in [0.2, 0.25) is 0 Å². The fourth-order valence-electron chi connectivity index (χ4n) is 1.97.